The molecule has 0 aliphatic rings. The highest BCUT2D eigenvalue weighted by Crippen LogP contribution is 2.25. The fourth-order valence-corrected chi connectivity index (χ4v) is 2.45. The number of carbonyl (C=O) groups is 1. The first-order valence-corrected chi connectivity index (χ1v) is 8.15. The molecular formula is C20H20N2O2. The van der Waals surface area contributed by atoms with Crippen molar-refractivity contribution in [3.8, 4) is 22.7 Å². The van der Waals surface area contributed by atoms with Crippen LogP contribution in [-0.4, -0.2) is 22.7 Å². The second-order valence-electron chi connectivity index (χ2n) is 5.56. The van der Waals surface area contributed by atoms with Crippen molar-refractivity contribution in [2.45, 2.75) is 19.8 Å². The van der Waals surface area contributed by atoms with Crippen molar-refractivity contribution < 1.29 is 9.53 Å². The van der Waals surface area contributed by atoms with E-state index in [-0.39, 0.29) is 0 Å². The van der Waals surface area contributed by atoms with E-state index in [1.165, 1.54) is 0 Å². The summed E-state index contributed by atoms with van der Waals surface area (Å²) in [6.07, 6.45) is 4.74. The summed E-state index contributed by atoms with van der Waals surface area (Å²) in [7, 11) is 0. The molecule has 0 aliphatic carbocycles. The fraction of sp³-hybridized carbons (Fsp3) is 0.200. The molecule has 1 aromatic heterocycles. The van der Waals surface area contributed by atoms with Crippen LogP contribution in [0.4, 0.5) is 0 Å². The normalized spacial score (nSPS) is 10.5. The van der Waals surface area contributed by atoms with Gasteiger partial charge in [0.2, 0.25) is 0 Å². The van der Waals surface area contributed by atoms with Crippen molar-refractivity contribution in [1.29, 1.82) is 0 Å². The van der Waals surface area contributed by atoms with Gasteiger partial charge in [-0.15, -0.1) is 0 Å². The van der Waals surface area contributed by atoms with Crippen LogP contribution in [0.2, 0.25) is 0 Å². The van der Waals surface area contributed by atoms with Gasteiger partial charge in [-0.25, -0.2) is 4.68 Å². The van der Waals surface area contributed by atoms with E-state index < -0.39 is 0 Å². The fourth-order valence-electron chi connectivity index (χ4n) is 2.45. The van der Waals surface area contributed by atoms with E-state index in [0.29, 0.717) is 11.3 Å². The molecule has 122 valence electrons. The van der Waals surface area contributed by atoms with Gasteiger partial charge in [0.25, 0.3) is 0 Å². The molecular weight excluding hydrogens is 300 g/mol. The summed E-state index contributed by atoms with van der Waals surface area (Å²) in [5.41, 5.74) is 3.06. The molecule has 24 heavy (non-hydrogen) atoms. The number of carbonyl (C=O) groups excluding carboxylic acids is 1. The van der Waals surface area contributed by atoms with Crippen LogP contribution >= 0.6 is 0 Å². The molecule has 0 atom stereocenters. The Hall–Kier alpha value is -2.88. The second kappa shape index (κ2) is 7.59. The zero-order chi connectivity index (χ0) is 16.8. The molecule has 0 unspecified atom stereocenters. The second-order valence-corrected chi connectivity index (χ2v) is 5.56. The first-order chi connectivity index (χ1) is 11.8. The van der Waals surface area contributed by atoms with E-state index >= 15 is 0 Å². The van der Waals surface area contributed by atoms with Crippen LogP contribution in [0.25, 0.3) is 16.9 Å². The Bertz CT molecular complexity index is 792. The highest BCUT2D eigenvalue weighted by atomic mass is 16.5. The number of benzene rings is 2. The molecule has 3 rings (SSSR count). The van der Waals surface area contributed by atoms with Gasteiger partial charge in [0, 0.05) is 11.8 Å². The summed E-state index contributed by atoms with van der Waals surface area (Å²) in [5.74, 6) is 0.836. The van der Waals surface area contributed by atoms with Gasteiger partial charge in [-0.3, -0.25) is 4.79 Å². The van der Waals surface area contributed by atoms with Gasteiger partial charge in [0.1, 0.15) is 11.4 Å². The van der Waals surface area contributed by atoms with Gasteiger partial charge in [-0.2, -0.15) is 5.10 Å². The molecule has 0 fully saturated rings. The van der Waals surface area contributed by atoms with E-state index in [4.69, 9.17) is 4.74 Å². The third kappa shape index (κ3) is 3.54. The maximum atomic E-state index is 11.4. The number of para-hydroxylation sites is 1. The lowest BCUT2D eigenvalue weighted by Crippen LogP contribution is -1.96. The first-order valence-electron chi connectivity index (χ1n) is 8.15. The minimum Gasteiger partial charge on any atom is -0.494 e. The Morgan fingerprint density at radius 3 is 2.50 bits per heavy atom. The quantitative estimate of drug-likeness (QED) is 0.474. The molecule has 3 aromatic rings. The maximum Gasteiger partial charge on any atom is 0.153 e. The van der Waals surface area contributed by atoms with Crippen molar-refractivity contribution in [2.75, 3.05) is 6.61 Å². The Balaban J connectivity index is 1.86. The summed E-state index contributed by atoms with van der Waals surface area (Å²) >= 11 is 0. The molecule has 0 N–H and O–H groups in total. The molecule has 0 radical (unpaired) electrons. The number of aldehydes is 1. The number of hydrogen-bond acceptors (Lipinski definition) is 3. The minimum absolute atomic E-state index is 0.568. The third-order valence-corrected chi connectivity index (χ3v) is 3.78. The number of hydrogen-bond donors (Lipinski definition) is 0. The van der Waals surface area contributed by atoms with Crippen molar-refractivity contribution in [3.05, 3.63) is 66.4 Å². The van der Waals surface area contributed by atoms with E-state index in [1.807, 2.05) is 54.6 Å². The van der Waals surface area contributed by atoms with Gasteiger partial charge >= 0.3 is 0 Å². The number of rotatable bonds is 7. The smallest absolute Gasteiger partial charge is 0.153 e. The topological polar surface area (TPSA) is 44.1 Å². The van der Waals surface area contributed by atoms with Crippen LogP contribution in [-0.2, 0) is 0 Å². The van der Waals surface area contributed by atoms with Crippen LogP contribution in [0.1, 0.15) is 30.1 Å². The summed E-state index contributed by atoms with van der Waals surface area (Å²) in [6.45, 7) is 2.86. The lowest BCUT2D eigenvalue weighted by atomic mass is 10.1. The van der Waals surface area contributed by atoms with E-state index in [1.54, 1.807) is 10.9 Å². The monoisotopic (exact) mass is 320 g/mol. The predicted molar refractivity (Wildman–Crippen MR) is 94.8 cm³/mol. The highest BCUT2D eigenvalue weighted by molar-refractivity contribution is 5.85. The van der Waals surface area contributed by atoms with Gasteiger partial charge in [0.05, 0.1) is 17.9 Å². The van der Waals surface area contributed by atoms with Crippen molar-refractivity contribution in [1.82, 2.24) is 9.78 Å². The molecule has 4 nitrogen and oxygen atoms in total. The number of unbranched alkanes of at least 4 members (excludes halogenated alkanes) is 1. The molecule has 0 amide bonds. The van der Waals surface area contributed by atoms with Gasteiger partial charge in [0.15, 0.2) is 6.29 Å². The van der Waals surface area contributed by atoms with Crippen LogP contribution < -0.4 is 4.74 Å². The number of ether oxygens (including phenoxy) is 1. The molecule has 0 saturated carbocycles. The van der Waals surface area contributed by atoms with Gasteiger partial charge < -0.3 is 4.74 Å². The Morgan fingerprint density at radius 1 is 1.08 bits per heavy atom. The van der Waals surface area contributed by atoms with Gasteiger partial charge in [-0.1, -0.05) is 31.5 Å². The number of aromatic nitrogens is 2. The highest BCUT2D eigenvalue weighted by Gasteiger charge is 2.11. The zero-order valence-electron chi connectivity index (χ0n) is 13.7. The van der Waals surface area contributed by atoms with E-state index in [0.717, 1.165) is 42.7 Å². The SMILES string of the molecule is CCCCOc1ccc(-c2nn(-c3ccccc3)cc2C=O)cc1. The molecule has 2 aromatic carbocycles. The van der Waals surface area contributed by atoms with Crippen LogP contribution in [0.3, 0.4) is 0 Å². The van der Waals surface area contributed by atoms with Crippen molar-refractivity contribution >= 4 is 6.29 Å². The van der Waals surface area contributed by atoms with Crippen LogP contribution in [0.15, 0.2) is 60.8 Å². The molecule has 0 spiro atoms. The average Bonchev–Trinajstić information content (AvgIpc) is 3.08. The van der Waals surface area contributed by atoms with Crippen LogP contribution in [0, 0.1) is 0 Å². The predicted octanol–water partition coefficient (Wildman–Crippen LogP) is 4.53. The zero-order valence-corrected chi connectivity index (χ0v) is 13.7. The summed E-state index contributed by atoms with van der Waals surface area (Å²) in [6, 6.07) is 17.5. The summed E-state index contributed by atoms with van der Waals surface area (Å²) < 4.78 is 7.40. The van der Waals surface area contributed by atoms with Crippen molar-refractivity contribution in [2.24, 2.45) is 0 Å². The Labute approximate surface area is 141 Å². The van der Waals surface area contributed by atoms with Crippen molar-refractivity contribution in [3.63, 3.8) is 0 Å². The molecule has 1 heterocycles. The lowest BCUT2D eigenvalue weighted by Gasteiger charge is -2.06. The molecule has 0 saturated heterocycles. The Morgan fingerprint density at radius 2 is 1.83 bits per heavy atom. The van der Waals surface area contributed by atoms with Crippen LogP contribution in [0.5, 0.6) is 5.75 Å². The minimum atomic E-state index is 0.568. The standard InChI is InChI=1S/C20H20N2O2/c1-2-3-13-24-19-11-9-16(10-12-19)20-17(15-23)14-22(21-20)18-7-5-4-6-8-18/h4-12,14-15H,2-3,13H2,1H3. The molecule has 0 bridgehead atoms. The maximum absolute atomic E-state index is 11.4. The first kappa shape index (κ1) is 16.0. The molecule has 4 heteroatoms. The van der Waals surface area contributed by atoms with Gasteiger partial charge in [-0.05, 0) is 42.8 Å². The van der Waals surface area contributed by atoms with E-state index in [9.17, 15) is 4.79 Å². The lowest BCUT2D eigenvalue weighted by molar-refractivity contribution is 0.112. The molecule has 0 aliphatic heterocycles. The Kier molecular flexibility index (Phi) is 5.06. The average molecular weight is 320 g/mol. The summed E-state index contributed by atoms with van der Waals surface area (Å²) in [4.78, 5) is 11.4. The number of nitrogens with zero attached hydrogens (tertiary/aromatic N) is 2. The van der Waals surface area contributed by atoms with E-state index in [2.05, 4.69) is 12.0 Å². The summed E-state index contributed by atoms with van der Waals surface area (Å²) in [5, 5.41) is 4.57. The third-order valence-electron chi connectivity index (χ3n) is 3.78. The largest absolute Gasteiger partial charge is 0.494 e.